The summed E-state index contributed by atoms with van der Waals surface area (Å²) in [5.41, 5.74) is 2.09. The summed E-state index contributed by atoms with van der Waals surface area (Å²) in [6.07, 6.45) is 0. The van der Waals surface area contributed by atoms with Gasteiger partial charge in [0.1, 0.15) is 0 Å². The second-order valence-corrected chi connectivity index (χ2v) is 7.46. The highest BCUT2D eigenvalue weighted by atomic mass is 79.9. The molecule has 0 radical (unpaired) electrons. The predicted octanol–water partition coefficient (Wildman–Crippen LogP) is 2.99. The van der Waals surface area contributed by atoms with Crippen molar-refractivity contribution in [3.63, 3.8) is 0 Å². The largest absolute Gasteiger partial charge is 0.382 e. The standard InChI is InChI=1S/C12H18BrNO2S/c1-4-17(15,16)8-10(3)14-11-6-5-9(2)12(13)7-11/h5-7,10,14H,4,8H2,1-3H3. The monoisotopic (exact) mass is 319 g/mol. The number of hydrogen-bond donors (Lipinski definition) is 1. The fraction of sp³-hybridized carbons (Fsp3) is 0.500. The molecule has 0 heterocycles. The number of aryl methyl sites for hydroxylation is 1. The van der Waals surface area contributed by atoms with Gasteiger partial charge in [0.25, 0.3) is 0 Å². The highest BCUT2D eigenvalue weighted by Gasteiger charge is 2.13. The molecule has 1 N–H and O–H groups in total. The maximum absolute atomic E-state index is 11.5. The first kappa shape index (κ1) is 14.5. The zero-order valence-electron chi connectivity index (χ0n) is 10.3. The third-order valence-corrected chi connectivity index (χ3v) is 5.27. The van der Waals surface area contributed by atoms with Gasteiger partial charge in [-0.1, -0.05) is 28.9 Å². The molecule has 0 aliphatic carbocycles. The molecule has 1 atom stereocenters. The average Bonchev–Trinajstić information content (AvgIpc) is 2.23. The fourth-order valence-corrected chi connectivity index (χ4v) is 2.97. The van der Waals surface area contributed by atoms with Gasteiger partial charge in [-0.05, 0) is 31.5 Å². The van der Waals surface area contributed by atoms with Crippen LogP contribution in [0.15, 0.2) is 22.7 Å². The van der Waals surface area contributed by atoms with Gasteiger partial charge in [-0.3, -0.25) is 0 Å². The first-order valence-corrected chi connectivity index (χ1v) is 8.18. The smallest absolute Gasteiger partial charge is 0.152 e. The molecular weight excluding hydrogens is 302 g/mol. The Morgan fingerprint density at radius 2 is 2.06 bits per heavy atom. The average molecular weight is 320 g/mol. The number of hydrogen-bond acceptors (Lipinski definition) is 3. The van der Waals surface area contributed by atoms with Crippen molar-refractivity contribution in [3.8, 4) is 0 Å². The molecule has 3 nitrogen and oxygen atoms in total. The van der Waals surface area contributed by atoms with Gasteiger partial charge in [-0.15, -0.1) is 0 Å². The molecule has 0 spiro atoms. The van der Waals surface area contributed by atoms with E-state index < -0.39 is 9.84 Å². The maximum Gasteiger partial charge on any atom is 0.152 e. The van der Waals surface area contributed by atoms with Crippen LogP contribution in [0.2, 0.25) is 0 Å². The van der Waals surface area contributed by atoms with E-state index in [1.807, 2.05) is 32.0 Å². The summed E-state index contributed by atoms with van der Waals surface area (Å²) in [4.78, 5) is 0. The second-order valence-electron chi connectivity index (χ2n) is 4.21. The lowest BCUT2D eigenvalue weighted by Gasteiger charge is -2.15. The summed E-state index contributed by atoms with van der Waals surface area (Å²) in [6, 6.07) is 5.82. The van der Waals surface area contributed by atoms with Gasteiger partial charge in [-0.25, -0.2) is 8.42 Å². The molecule has 0 aromatic heterocycles. The molecule has 1 aromatic rings. The zero-order valence-corrected chi connectivity index (χ0v) is 12.7. The minimum Gasteiger partial charge on any atom is -0.382 e. The molecule has 96 valence electrons. The van der Waals surface area contributed by atoms with Crippen LogP contribution in [0.1, 0.15) is 19.4 Å². The molecule has 17 heavy (non-hydrogen) atoms. The van der Waals surface area contributed by atoms with Gasteiger partial charge in [0.2, 0.25) is 0 Å². The summed E-state index contributed by atoms with van der Waals surface area (Å²) < 4.78 is 24.0. The second kappa shape index (κ2) is 5.87. The van der Waals surface area contributed by atoms with Gasteiger partial charge >= 0.3 is 0 Å². The number of anilines is 1. The SMILES string of the molecule is CCS(=O)(=O)CC(C)Nc1ccc(C)c(Br)c1. The van der Waals surface area contributed by atoms with Crippen LogP contribution in [-0.4, -0.2) is 26.0 Å². The summed E-state index contributed by atoms with van der Waals surface area (Å²) in [5, 5.41) is 3.19. The van der Waals surface area contributed by atoms with E-state index >= 15 is 0 Å². The van der Waals surface area contributed by atoms with E-state index in [0.29, 0.717) is 0 Å². The maximum atomic E-state index is 11.5. The third-order valence-electron chi connectivity index (χ3n) is 2.53. The summed E-state index contributed by atoms with van der Waals surface area (Å²) in [7, 11) is -2.93. The quantitative estimate of drug-likeness (QED) is 0.907. The Morgan fingerprint density at radius 3 is 2.59 bits per heavy atom. The molecule has 1 rings (SSSR count). The van der Waals surface area contributed by atoms with E-state index in [2.05, 4.69) is 21.2 Å². The zero-order chi connectivity index (χ0) is 13.1. The van der Waals surface area contributed by atoms with Crippen molar-refractivity contribution in [1.82, 2.24) is 0 Å². The Bertz CT molecular complexity index is 485. The van der Waals surface area contributed by atoms with Crippen LogP contribution in [0.25, 0.3) is 0 Å². The van der Waals surface area contributed by atoms with Gasteiger partial charge in [0.15, 0.2) is 9.84 Å². The van der Waals surface area contributed by atoms with Gasteiger partial charge in [-0.2, -0.15) is 0 Å². The lowest BCUT2D eigenvalue weighted by molar-refractivity contribution is 0.593. The summed E-state index contributed by atoms with van der Waals surface area (Å²) in [5.74, 6) is 0.353. The lowest BCUT2D eigenvalue weighted by Crippen LogP contribution is -2.26. The first-order valence-electron chi connectivity index (χ1n) is 5.57. The Morgan fingerprint density at radius 1 is 1.41 bits per heavy atom. The van der Waals surface area contributed by atoms with Crippen LogP contribution in [0, 0.1) is 6.92 Å². The minimum atomic E-state index is -2.93. The van der Waals surface area contributed by atoms with E-state index in [9.17, 15) is 8.42 Å². The molecule has 0 saturated carbocycles. The molecule has 0 saturated heterocycles. The molecule has 0 aliphatic heterocycles. The van der Waals surface area contributed by atoms with Crippen LogP contribution in [0.4, 0.5) is 5.69 Å². The van der Waals surface area contributed by atoms with Crippen LogP contribution in [-0.2, 0) is 9.84 Å². The molecule has 0 fully saturated rings. The Hall–Kier alpha value is -0.550. The van der Waals surface area contributed by atoms with Crippen LogP contribution >= 0.6 is 15.9 Å². The predicted molar refractivity (Wildman–Crippen MR) is 76.3 cm³/mol. The Kier molecular flexibility index (Phi) is 5.01. The highest BCUT2D eigenvalue weighted by Crippen LogP contribution is 2.21. The first-order chi connectivity index (χ1) is 7.84. The molecule has 0 amide bonds. The van der Waals surface area contributed by atoms with Crippen molar-refractivity contribution in [1.29, 1.82) is 0 Å². The van der Waals surface area contributed by atoms with Gasteiger partial charge < -0.3 is 5.32 Å². The van der Waals surface area contributed by atoms with E-state index in [-0.39, 0.29) is 17.5 Å². The van der Waals surface area contributed by atoms with E-state index in [1.54, 1.807) is 6.92 Å². The number of sulfone groups is 1. The van der Waals surface area contributed by atoms with Gasteiger partial charge in [0, 0.05) is 22.0 Å². The number of rotatable bonds is 5. The van der Waals surface area contributed by atoms with Crippen LogP contribution in [0.3, 0.4) is 0 Å². The fourth-order valence-electron chi connectivity index (χ4n) is 1.51. The Balaban J connectivity index is 2.68. The topological polar surface area (TPSA) is 46.2 Å². The number of nitrogens with one attached hydrogen (secondary N) is 1. The minimum absolute atomic E-state index is 0.0884. The van der Waals surface area contributed by atoms with Crippen molar-refractivity contribution < 1.29 is 8.42 Å². The van der Waals surface area contributed by atoms with Crippen molar-refractivity contribution >= 4 is 31.5 Å². The molecular formula is C12H18BrNO2S. The number of halogens is 1. The Labute approximate surface area is 112 Å². The normalized spacial score (nSPS) is 13.4. The molecule has 0 aliphatic rings. The van der Waals surface area contributed by atoms with Crippen molar-refractivity contribution in [3.05, 3.63) is 28.2 Å². The van der Waals surface area contributed by atoms with Crippen molar-refractivity contribution in [2.24, 2.45) is 0 Å². The number of benzene rings is 1. The molecule has 5 heteroatoms. The van der Waals surface area contributed by atoms with Crippen LogP contribution in [0.5, 0.6) is 0 Å². The van der Waals surface area contributed by atoms with Gasteiger partial charge in [0.05, 0.1) is 5.75 Å². The van der Waals surface area contributed by atoms with E-state index in [1.165, 1.54) is 0 Å². The molecule has 1 unspecified atom stereocenters. The third kappa shape index (κ3) is 4.68. The summed E-state index contributed by atoms with van der Waals surface area (Å²) >= 11 is 3.45. The van der Waals surface area contributed by atoms with Crippen molar-refractivity contribution in [2.75, 3.05) is 16.8 Å². The van der Waals surface area contributed by atoms with E-state index in [0.717, 1.165) is 15.7 Å². The van der Waals surface area contributed by atoms with Crippen LogP contribution < -0.4 is 5.32 Å². The lowest BCUT2D eigenvalue weighted by atomic mass is 10.2. The highest BCUT2D eigenvalue weighted by molar-refractivity contribution is 9.10. The molecule has 0 bridgehead atoms. The van der Waals surface area contributed by atoms with Crippen molar-refractivity contribution in [2.45, 2.75) is 26.8 Å². The summed E-state index contributed by atoms with van der Waals surface area (Å²) in [6.45, 7) is 5.56. The van der Waals surface area contributed by atoms with E-state index in [4.69, 9.17) is 0 Å². The molecule has 1 aromatic carbocycles.